The molecule has 0 saturated heterocycles. The molecule has 1 heterocycles. The molecule has 168 valence electrons. The Morgan fingerprint density at radius 2 is 1.84 bits per heavy atom. The number of ether oxygens (including phenoxy) is 2. The molecular formula is C19H17Cl3N6O4. The number of benzene rings is 1. The summed E-state index contributed by atoms with van der Waals surface area (Å²) in [5.74, 6) is -0.707. The molecule has 0 atom stereocenters. The normalized spacial score (nSPS) is 11.0. The molecule has 2 aromatic rings. The number of nitrogens with zero attached hydrogens (tertiary/aromatic N) is 4. The molecule has 0 unspecified atom stereocenters. The topological polar surface area (TPSA) is 139 Å². The summed E-state index contributed by atoms with van der Waals surface area (Å²) in [6.07, 6.45) is -1.00. The average molecular weight is 500 g/mol. The fourth-order valence-corrected chi connectivity index (χ4v) is 3.09. The van der Waals surface area contributed by atoms with Gasteiger partial charge in [-0.05, 0) is 30.5 Å². The van der Waals surface area contributed by atoms with E-state index in [1.807, 2.05) is 19.2 Å². The van der Waals surface area contributed by atoms with Gasteiger partial charge < -0.3 is 9.47 Å². The first-order valence-corrected chi connectivity index (χ1v) is 10.2. The Morgan fingerprint density at radius 3 is 2.41 bits per heavy atom. The number of amides is 2. The minimum Gasteiger partial charge on any atom is -0.450 e. The number of imide groups is 1. The van der Waals surface area contributed by atoms with Gasteiger partial charge in [0.2, 0.25) is 11.6 Å². The summed E-state index contributed by atoms with van der Waals surface area (Å²) in [5.41, 5.74) is 2.83. The molecule has 0 aliphatic rings. The van der Waals surface area contributed by atoms with Gasteiger partial charge in [-0.1, -0.05) is 48.7 Å². The first kappa shape index (κ1) is 25.1. The van der Waals surface area contributed by atoms with Gasteiger partial charge in [-0.15, -0.1) is 10.2 Å². The summed E-state index contributed by atoms with van der Waals surface area (Å²) < 4.78 is 10.2. The predicted octanol–water partition coefficient (Wildman–Crippen LogP) is 4.92. The van der Waals surface area contributed by atoms with Crippen LogP contribution < -0.4 is 15.5 Å². The summed E-state index contributed by atoms with van der Waals surface area (Å²) in [6.45, 7) is 5.50. The van der Waals surface area contributed by atoms with Gasteiger partial charge in [0.25, 0.3) is 5.91 Å². The van der Waals surface area contributed by atoms with E-state index in [2.05, 4.69) is 25.5 Å². The van der Waals surface area contributed by atoms with Crippen molar-refractivity contribution >= 4 is 58.2 Å². The summed E-state index contributed by atoms with van der Waals surface area (Å²) in [4.78, 5) is 23.2. The molecule has 0 spiro atoms. The molecule has 13 heteroatoms. The fourth-order valence-electron chi connectivity index (χ4n) is 2.22. The number of anilines is 1. The van der Waals surface area contributed by atoms with Gasteiger partial charge in [0.1, 0.15) is 6.07 Å². The third kappa shape index (κ3) is 6.68. The van der Waals surface area contributed by atoms with E-state index < -0.39 is 17.7 Å². The SMILES string of the molecule is CCOC(=O)NC(=O)/C(C#N)=N\Nc1cc(Cl)c(Oc2cc(C(C)C)c(Cl)nn2)c(Cl)c1. The van der Waals surface area contributed by atoms with Crippen LogP contribution in [-0.2, 0) is 9.53 Å². The third-order valence-corrected chi connectivity index (χ3v) is 4.54. The summed E-state index contributed by atoms with van der Waals surface area (Å²) in [5, 5.41) is 22.8. The fraction of sp³-hybridized carbons (Fsp3) is 0.263. The molecule has 0 bridgehead atoms. The molecule has 0 radical (unpaired) electrons. The molecule has 2 rings (SSSR count). The van der Waals surface area contributed by atoms with Crippen LogP contribution >= 0.6 is 34.8 Å². The molecule has 0 fully saturated rings. The van der Waals surface area contributed by atoms with Crippen LogP contribution in [0.1, 0.15) is 32.3 Å². The van der Waals surface area contributed by atoms with Crippen LogP contribution in [0.4, 0.5) is 10.5 Å². The number of hydrazone groups is 1. The number of alkyl carbamates (subject to hydrolysis) is 1. The van der Waals surface area contributed by atoms with Crippen molar-refractivity contribution in [3.63, 3.8) is 0 Å². The Labute approximate surface area is 198 Å². The molecule has 0 saturated carbocycles. The van der Waals surface area contributed by atoms with Crippen molar-refractivity contribution in [2.24, 2.45) is 5.10 Å². The van der Waals surface area contributed by atoms with Gasteiger partial charge in [0.15, 0.2) is 10.9 Å². The average Bonchev–Trinajstić information content (AvgIpc) is 2.72. The Hall–Kier alpha value is -3.13. The minimum absolute atomic E-state index is 0.0577. The number of carbonyl (C=O) groups excluding carboxylic acids is 2. The molecule has 2 N–H and O–H groups in total. The van der Waals surface area contributed by atoms with Gasteiger partial charge in [-0.3, -0.25) is 15.5 Å². The highest BCUT2D eigenvalue weighted by Gasteiger charge is 2.17. The highest BCUT2D eigenvalue weighted by molar-refractivity contribution is 6.47. The lowest BCUT2D eigenvalue weighted by molar-refractivity contribution is -0.114. The number of hydrogen-bond donors (Lipinski definition) is 2. The summed E-state index contributed by atoms with van der Waals surface area (Å²) in [7, 11) is 0. The van der Waals surface area contributed by atoms with Crippen LogP contribution in [0, 0.1) is 11.3 Å². The molecule has 32 heavy (non-hydrogen) atoms. The second kappa shape index (κ2) is 11.5. The van der Waals surface area contributed by atoms with Crippen molar-refractivity contribution in [2.45, 2.75) is 26.7 Å². The minimum atomic E-state index is -1.04. The summed E-state index contributed by atoms with van der Waals surface area (Å²) in [6, 6.07) is 5.99. The molecule has 0 aliphatic carbocycles. The zero-order valence-corrected chi connectivity index (χ0v) is 19.3. The van der Waals surface area contributed by atoms with E-state index in [0.717, 1.165) is 5.56 Å². The number of nitriles is 1. The van der Waals surface area contributed by atoms with Gasteiger partial charge in [0.05, 0.1) is 22.3 Å². The molecule has 2 amide bonds. The van der Waals surface area contributed by atoms with Crippen molar-refractivity contribution in [3.05, 3.63) is 39.0 Å². The summed E-state index contributed by atoms with van der Waals surface area (Å²) >= 11 is 18.5. The zero-order valence-electron chi connectivity index (χ0n) is 17.1. The number of halogens is 3. The van der Waals surface area contributed by atoms with Crippen molar-refractivity contribution in [1.82, 2.24) is 15.5 Å². The van der Waals surface area contributed by atoms with E-state index in [-0.39, 0.29) is 45.0 Å². The molecule has 1 aromatic carbocycles. The van der Waals surface area contributed by atoms with Crippen LogP contribution in [0.2, 0.25) is 15.2 Å². The van der Waals surface area contributed by atoms with Gasteiger partial charge >= 0.3 is 6.09 Å². The third-order valence-electron chi connectivity index (χ3n) is 3.69. The van der Waals surface area contributed by atoms with Crippen LogP contribution in [0.3, 0.4) is 0 Å². The zero-order chi connectivity index (χ0) is 23.8. The van der Waals surface area contributed by atoms with E-state index in [4.69, 9.17) is 44.8 Å². The quantitative estimate of drug-likeness (QED) is 0.404. The predicted molar refractivity (Wildman–Crippen MR) is 120 cm³/mol. The first-order valence-electron chi connectivity index (χ1n) is 9.08. The van der Waals surface area contributed by atoms with Gasteiger partial charge in [-0.25, -0.2) is 4.79 Å². The number of rotatable bonds is 7. The van der Waals surface area contributed by atoms with E-state index in [1.54, 1.807) is 19.1 Å². The van der Waals surface area contributed by atoms with Crippen molar-refractivity contribution in [1.29, 1.82) is 5.26 Å². The lowest BCUT2D eigenvalue weighted by atomic mass is 10.1. The number of aromatic nitrogens is 2. The Bertz CT molecular complexity index is 1080. The lowest BCUT2D eigenvalue weighted by Crippen LogP contribution is -2.36. The monoisotopic (exact) mass is 498 g/mol. The number of hydrogen-bond acceptors (Lipinski definition) is 9. The maximum atomic E-state index is 11.9. The second-order valence-electron chi connectivity index (χ2n) is 6.31. The van der Waals surface area contributed by atoms with E-state index in [1.165, 1.54) is 12.1 Å². The Kier molecular flexibility index (Phi) is 9.02. The highest BCUT2D eigenvalue weighted by atomic mass is 35.5. The van der Waals surface area contributed by atoms with Crippen molar-refractivity contribution in [3.8, 4) is 17.7 Å². The first-order chi connectivity index (χ1) is 15.2. The maximum absolute atomic E-state index is 11.9. The Morgan fingerprint density at radius 1 is 1.19 bits per heavy atom. The van der Waals surface area contributed by atoms with E-state index in [9.17, 15) is 9.59 Å². The smallest absolute Gasteiger partial charge is 0.414 e. The molecule has 0 aliphatic heterocycles. The van der Waals surface area contributed by atoms with Crippen molar-refractivity contribution < 1.29 is 19.1 Å². The number of carbonyl (C=O) groups is 2. The van der Waals surface area contributed by atoms with Gasteiger partial charge in [0, 0.05) is 6.07 Å². The molecule has 1 aromatic heterocycles. The number of nitrogens with one attached hydrogen (secondary N) is 2. The van der Waals surface area contributed by atoms with Gasteiger partial charge in [-0.2, -0.15) is 10.4 Å². The van der Waals surface area contributed by atoms with Crippen LogP contribution in [0.5, 0.6) is 11.6 Å². The van der Waals surface area contributed by atoms with Crippen molar-refractivity contribution in [2.75, 3.05) is 12.0 Å². The van der Waals surface area contributed by atoms with Crippen LogP contribution in [0.25, 0.3) is 0 Å². The largest absolute Gasteiger partial charge is 0.450 e. The lowest BCUT2D eigenvalue weighted by Gasteiger charge is -2.12. The highest BCUT2D eigenvalue weighted by Crippen LogP contribution is 2.39. The molecular weight excluding hydrogens is 483 g/mol. The Balaban J connectivity index is 2.19. The van der Waals surface area contributed by atoms with E-state index in [0.29, 0.717) is 0 Å². The standard InChI is InChI=1S/C19H17Cl3N6O4/c1-4-31-19(30)24-18(29)14(8-23)26-25-10-5-12(20)16(13(21)6-10)32-15-7-11(9(2)3)17(22)28-27-15/h5-7,9,25H,4H2,1-3H3,(H,24,29,30)/b26-14-. The van der Waals surface area contributed by atoms with E-state index >= 15 is 0 Å². The second-order valence-corrected chi connectivity index (χ2v) is 7.49. The maximum Gasteiger partial charge on any atom is 0.414 e. The molecule has 10 nitrogen and oxygen atoms in total. The van der Waals surface area contributed by atoms with Crippen LogP contribution in [0.15, 0.2) is 23.3 Å². The van der Waals surface area contributed by atoms with Crippen LogP contribution in [-0.4, -0.2) is 34.5 Å².